The van der Waals surface area contributed by atoms with Gasteiger partial charge in [-0.1, -0.05) is 49.6 Å². The lowest BCUT2D eigenvalue weighted by Gasteiger charge is -2.25. The van der Waals surface area contributed by atoms with E-state index in [0.29, 0.717) is 28.6 Å². The zero-order chi connectivity index (χ0) is 22.5. The number of aliphatic hydroxyl groups excluding tert-OH is 1. The number of carbonyl (C=O) groups excluding carboxylic acids is 2. The van der Waals surface area contributed by atoms with E-state index in [1.165, 1.54) is 19.1 Å². The fourth-order valence-electron chi connectivity index (χ4n) is 3.85. The molecule has 31 heavy (non-hydrogen) atoms. The molecule has 0 saturated carbocycles. The Labute approximate surface area is 187 Å². The Bertz CT molecular complexity index is 977. The molecule has 2 aromatic carbocycles. The number of aliphatic hydroxyl groups is 1. The van der Waals surface area contributed by atoms with Crippen LogP contribution in [0.3, 0.4) is 0 Å². The fraction of sp³-hybridized carbons (Fsp3) is 0.333. The van der Waals surface area contributed by atoms with Crippen LogP contribution in [-0.2, 0) is 9.59 Å². The highest BCUT2D eigenvalue weighted by Crippen LogP contribution is 2.43. The summed E-state index contributed by atoms with van der Waals surface area (Å²) in [5, 5.41) is 11.8. The van der Waals surface area contributed by atoms with Crippen LogP contribution in [-0.4, -0.2) is 42.5 Å². The van der Waals surface area contributed by atoms with Crippen molar-refractivity contribution in [3.8, 4) is 11.5 Å². The maximum atomic E-state index is 13.1. The summed E-state index contributed by atoms with van der Waals surface area (Å²) in [4.78, 5) is 27.6. The van der Waals surface area contributed by atoms with Gasteiger partial charge in [-0.2, -0.15) is 0 Å². The Morgan fingerprint density at radius 3 is 2.19 bits per heavy atom. The number of methoxy groups -OCH3 is 2. The van der Waals surface area contributed by atoms with Gasteiger partial charge in [0.1, 0.15) is 22.8 Å². The number of Topliss-reactive ketones (excluding diaryl/α,β-unsaturated/α-hetero) is 1. The minimum atomic E-state index is -0.734. The van der Waals surface area contributed by atoms with Gasteiger partial charge < -0.3 is 19.5 Å². The molecule has 0 spiro atoms. The summed E-state index contributed by atoms with van der Waals surface area (Å²) >= 11 is 6.05. The number of benzene rings is 2. The molecule has 1 heterocycles. The van der Waals surface area contributed by atoms with E-state index in [4.69, 9.17) is 21.1 Å². The van der Waals surface area contributed by atoms with Crippen molar-refractivity contribution in [1.82, 2.24) is 4.90 Å². The number of likely N-dealkylation sites (tertiary alicyclic amines) is 1. The fourth-order valence-corrected chi connectivity index (χ4v) is 3.98. The van der Waals surface area contributed by atoms with Gasteiger partial charge in [-0.05, 0) is 36.2 Å². The number of nitrogens with zero attached hydrogens (tertiary/aromatic N) is 1. The van der Waals surface area contributed by atoms with Crippen LogP contribution < -0.4 is 9.47 Å². The summed E-state index contributed by atoms with van der Waals surface area (Å²) in [5.74, 6) is -1.02. The third-order valence-electron chi connectivity index (χ3n) is 5.39. The summed E-state index contributed by atoms with van der Waals surface area (Å²) in [6.45, 7) is 2.48. The van der Waals surface area contributed by atoms with E-state index in [0.717, 1.165) is 19.3 Å². The molecule has 1 atom stereocenters. The first-order chi connectivity index (χ1) is 14.9. The van der Waals surface area contributed by atoms with Crippen molar-refractivity contribution in [2.24, 2.45) is 0 Å². The summed E-state index contributed by atoms with van der Waals surface area (Å²) in [6.07, 6.45) is 2.66. The molecular formula is C24H26ClNO5. The van der Waals surface area contributed by atoms with Crippen LogP contribution >= 0.6 is 11.6 Å². The van der Waals surface area contributed by atoms with E-state index < -0.39 is 17.7 Å². The summed E-state index contributed by atoms with van der Waals surface area (Å²) < 4.78 is 10.8. The van der Waals surface area contributed by atoms with E-state index in [1.807, 2.05) is 0 Å². The molecule has 3 rings (SSSR count). The van der Waals surface area contributed by atoms with Gasteiger partial charge in [0.05, 0.1) is 25.8 Å². The lowest BCUT2D eigenvalue weighted by atomic mass is 9.94. The molecule has 0 radical (unpaired) electrons. The van der Waals surface area contributed by atoms with Crippen LogP contribution in [0.2, 0.25) is 5.02 Å². The highest BCUT2D eigenvalue weighted by atomic mass is 35.5. The van der Waals surface area contributed by atoms with E-state index in [1.54, 1.807) is 42.5 Å². The van der Waals surface area contributed by atoms with Gasteiger partial charge in [-0.25, -0.2) is 0 Å². The number of hydrogen-bond acceptors (Lipinski definition) is 5. The number of ketones is 1. The zero-order valence-corrected chi connectivity index (χ0v) is 18.6. The molecule has 7 heteroatoms. The average Bonchev–Trinajstić information content (AvgIpc) is 3.03. The predicted molar refractivity (Wildman–Crippen MR) is 120 cm³/mol. The summed E-state index contributed by atoms with van der Waals surface area (Å²) in [7, 11) is 2.93. The van der Waals surface area contributed by atoms with E-state index in [2.05, 4.69) is 6.92 Å². The second-order valence-corrected chi connectivity index (χ2v) is 7.73. The van der Waals surface area contributed by atoms with Crippen molar-refractivity contribution < 1.29 is 24.2 Å². The Hall–Kier alpha value is -2.99. The molecule has 1 aliphatic heterocycles. The molecule has 2 aromatic rings. The van der Waals surface area contributed by atoms with Crippen molar-refractivity contribution in [2.75, 3.05) is 20.8 Å². The zero-order valence-electron chi connectivity index (χ0n) is 17.9. The van der Waals surface area contributed by atoms with Crippen LogP contribution in [0.15, 0.2) is 48.0 Å². The van der Waals surface area contributed by atoms with E-state index in [9.17, 15) is 14.7 Å². The van der Waals surface area contributed by atoms with Gasteiger partial charge in [-0.15, -0.1) is 0 Å². The molecular weight excluding hydrogens is 418 g/mol. The second kappa shape index (κ2) is 9.88. The number of amides is 1. The molecule has 164 valence electrons. The molecule has 0 bridgehead atoms. The molecule has 1 amide bonds. The van der Waals surface area contributed by atoms with Crippen molar-refractivity contribution >= 4 is 29.1 Å². The maximum Gasteiger partial charge on any atom is 0.295 e. The van der Waals surface area contributed by atoms with Gasteiger partial charge in [-0.3, -0.25) is 9.59 Å². The molecule has 1 fully saturated rings. The Balaban J connectivity index is 2.21. The predicted octanol–water partition coefficient (Wildman–Crippen LogP) is 4.97. The van der Waals surface area contributed by atoms with Crippen LogP contribution in [0, 0.1) is 0 Å². The number of halogens is 1. The van der Waals surface area contributed by atoms with Crippen LogP contribution in [0.1, 0.15) is 43.4 Å². The maximum absolute atomic E-state index is 13.1. The van der Waals surface area contributed by atoms with Crippen molar-refractivity contribution in [3.63, 3.8) is 0 Å². The first-order valence-electron chi connectivity index (χ1n) is 10.2. The van der Waals surface area contributed by atoms with Crippen LogP contribution in [0.5, 0.6) is 11.5 Å². The highest BCUT2D eigenvalue weighted by Gasteiger charge is 2.46. The molecule has 1 N–H and O–H groups in total. The molecule has 1 aliphatic rings. The minimum absolute atomic E-state index is 0.00613. The van der Waals surface area contributed by atoms with Gasteiger partial charge in [0.25, 0.3) is 11.7 Å². The average molecular weight is 444 g/mol. The quantitative estimate of drug-likeness (QED) is 0.270. The van der Waals surface area contributed by atoms with E-state index >= 15 is 0 Å². The van der Waals surface area contributed by atoms with Crippen molar-refractivity contribution in [3.05, 3.63) is 64.2 Å². The third kappa shape index (κ3) is 4.39. The van der Waals surface area contributed by atoms with Gasteiger partial charge in [0.15, 0.2) is 0 Å². The molecule has 0 aliphatic carbocycles. The molecule has 1 unspecified atom stereocenters. The highest BCUT2D eigenvalue weighted by molar-refractivity contribution is 6.46. The number of rotatable bonds is 8. The number of hydrogen-bond donors (Lipinski definition) is 1. The van der Waals surface area contributed by atoms with Crippen LogP contribution in [0.25, 0.3) is 5.76 Å². The van der Waals surface area contributed by atoms with E-state index in [-0.39, 0.29) is 16.9 Å². The van der Waals surface area contributed by atoms with Crippen molar-refractivity contribution in [1.29, 1.82) is 0 Å². The Morgan fingerprint density at radius 1 is 1.03 bits per heavy atom. The molecule has 1 saturated heterocycles. The van der Waals surface area contributed by atoms with Crippen LogP contribution in [0.4, 0.5) is 0 Å². The monoisotopic (exact) mass is 443 g/mol. The summed E-state index contributed by atoms with van der Waals surface area (Å²) in [6, 6.07) is 11.2. The first-order valence-corrected chi connectivity index (χ1v) is 10.6. The lowest BCUT2D eigenvalue weighted by Crippen LogP contribution is -2.30. The number of carbonyl (C=O) groups is 2. The molecule has 0 aromatic heterocycles. The smallest absolute Gasteiger partial charge is 0.295 e. The van der Waals surface area contributed by atoms with Gasteiger partial charge >= 0.3 is 0 Å². The largest absolute Gasteiger partial charge is 0.506 e. The first kappa shape index (κ1) is 22.7. The molecule has 6 nitrogen and oxygen atoms in total. The SMILES string of the molecule is CCCCCN1C(=O)C(=O)/C(=C(/O)c2c(OC)cccc2OC)C1c1ccc(Cl)cc1. The summed E-state index contributed by atoms with van der Waals surface area (Å²) in [5.41, 5.74) is 0.931. The minimum Gasteiger partial charge on any atom is -0.506 e. The number of ether oxygens (including phenoxy) is 2. The standard InChI is InChI=1S/C24H26ClNO5/c1-4-5-6-14-26-21(15-10-12-16(25)13-11-15)20(23(28)24(26)29)22(27)19-17(30-2)8-7-9-18(19)31-3/h7-13,21,27H,4-6,14H2,1-3H3/b22-20+. The van der Waals surface area contributed by atoms with Gasteiger partial charge in [0.2, 0.25) is 0 Å². The number of unbranched alkanes of at least 4 members (excludes halogenated alkanes) is 2. The Kier molecular flexibility index (Phi) is 7.23. The Morgan fingerprint density at radius 2 is 1.65 bits per heavy atom. The lowest BCUT2D eigenvalue weighted by molar-refractivity contribution is -0.139. The normalized spacial score (nSPS) is 17.8. The van der Waals surface area contributed by atoms with Crippen molar-refractivity contribution in [2.45, 2.75) is 32.2 Å². The van der Waals surface area contributed by atoms with Gasteiger partial charge in [0, 0.05) is 11.6 Å². The topological polar surface area (TPSA) is 76.1 Å². The second-order valence-electron chi connectivity index (χ2n) is 7.29. The third-order valence-corrected chi connectivity index (χ3v) is 5.64.